The summed E-state index contributed by atoms with van der Waals surface area (Å²) in [5.41, 5.74) is 2.87. The highest BCUT2D eigenvalue weighted by Crippen LogP contribution is 2.28. The highest BCUT2D eigenvalue weighted by molar-refractivity contribution is 9.10. The van der Waals surface area contributed by atoms with E-state index in [-0.39, 0.29) is 42.5 Å². The monoisotopic (exact) mass is 688 g/mol. The molecule has 0 fully saturated rings. The van der Waals surface area contributed by atoms with E-state index in [9.17, 15) is 14.4 Å². The summed E-state index contributed by atoms with van der Waals surface area (Å²) >= 11 is 9.67. The van der Waals surface area contributed by atoms with Crippen LogP contribution in [-0.2, 0) is 13.1 Å². The molecule has 230 valence electrons. The van der Waals surface area contributed by atoms with Crippen molar-refractivity contribution < 1.29 is 14.3 Å². The molecule has 12 heteroatoms. The molecule has 2 aromatic heterocycles. The number of amides is 2. The molecule has 2 amide bonds. The zero-order valence-corrected chi connectivity index (χ0v) is 27.1. The Morgan fingerprint density at radius 2 is 1.78 bits per heavy atom. The van der Waals surface area contributed by atoms with Crippen molar-refractivity contribution in [3.05, 3.63) is 128 Å². The molecule has 0 aliphatic carbocycles. The minimum absolute atomic E-state index is 0.0565. The zero-order chi connectivity index (χ0) is 31.8. The Kier molecular flexibility index (Phi) is 8.39. The average Bonchev–Trinajstić information content (AvgIpc) is 3.68. The van der Waals surface area contributed by atoms with Crippen LogP contribution in [-0.4, -0.2) is 48.8 Å². The third-order valence-corrected chi connectivity index (χ3v) is 9.26. The second-order valence-corrected chi connectivity index (χ2v) is 12.1. The van der Waals surface area contributed by atoms with Crippen molar-refractivity contribution in [1.82, 2.24) is 29.1 Å². The molecule has 1 aliphatic rings. The molecular formula is C33H30BrClN6O4. The summed E-state index contributed by atoms with van der Waals surface area (Å²) in [5.74, 6) is 0.0240. The number of halogens is 2. The Morgan fingerprint density at radius 1 is 1.07 bits per heavy atom. The van der Waals surface area contributed by atoms with Crippen LogP contribution in [0.2, 0.25) is 5.02 Å². The number of hydrogen-bond acceptors (Lipinski definition) is 5. The molecule has 6 rings (SSSR count). The predicted molar refractivity (Wildman–Crippen MR) is 175 cm³/mol. The van der Waals surface area contributed by atoms with Crippen molar-refractivity contribution in [3.63, 3.8) is 0 Å². The van der Waals surface area contributed by atoms with Gasteiger partial charge in [-0.15, -0.1) is 0 Å². The third kappa shape index (κ3) is 5.81. The zero-order valence-electron chi connectivity index (χ0n) is 24.8. The van der Waals surface area contributed by atoms with Gasteiger partial charge in [0.25, 0.3) is 11.8 Å². The van der Waals surface area contributed by atoms with E-state index in [1.807, 2.05) is 62.5 Å². The lowest BCUT2D eigenvalue weighted by Gasteiger charge is -2.34. The van der Waals surface area contributed by atoms with Crippen LogP contribution in [0.5, 0.6) is 5.75 Å². The molecule has 0 saturated carbocycles. The molecule has 10 nitrogen and oxygen atoms in total. The van der Waals surface area contributed by atoms with E-state index < -0.39 is 5.91 Å². The lowest BCUT2D eigenvalue weighted by atomic mass is 10.1. The Morgan fingerprint density at radius 3 is 2.42 bits per heavy atom. The van der Waals surface area contributed by atoms with E-state index in [4.69, 9.17) is 16.3 Å². The summed E-state index contributed by atoms with van der Waals surface area (Å²) in [6, 6.07) is 20.8. The predicted octanol–water partition coefficient (Wildman–Crippen LogP) is 5.78. The number of rotatable bonds is 7. The molecule has 1 N–H and O–H groups in total. The molecule has 3 heterocycles. The van der Waals surface area contributed by atoms with Crippen LogP contribution in [0.3, 0.4) is 0 Å². The van der Waals surface area contributed by atoms with Crippen LogP contribution >= 0.6 is 27.5 Å². The molecule has 3 aromatic carbocycles. The fourth-order valence-electron chi connectivity index (χ4n) is 5.57. The Hall–Kier alpha value is -4.61. The Bertz CT molecular complexity index is 1930. The fourth-order valence-corrected chi connectivity index (χ4v) is 6.00. The number of methoxy groups -OCH3 is 1. The van der Waals surface area contributed by atoms with Crippen molar-refractivity contribution in [2.24, 2.45) is 0 Å². The SMILES string of the molecule is COc1ccc([C@@H](C)NC(=O)c2c3n(c(=O)n2-c2ccc(-n4cccn4)cc2)CC(C)N(C(=O)c2ccc(Br)c(Cl)c2)C3)cc1. The van der Waals surface area contributed by atoms with Gasteiger partial charge in [-0.1, -0.05) is 23.7 Å². The standard InChI is InChI=1S/C33H30BrClN6O4/c1-20-18-39-29(19-38(20)32(43)23-7-14-27(34)28(35)17-23)30(31(42)37-21(2)22-5-12-26(45-3)13-6-22)41(33(39)44)25-10-8-24(9-11-25)40-16-4-15-36-40/h4-17,20-21H,18-19H2,1-3H3,(H,37,42)/t20?,21-/m1/s1. The van der Waals surface area contributed by atoms with Crippen molar-refractivity contribution in [3.8, 4) is 17.1 Å². The largest absolute Gasteiger partial charge is 0.497 e. The number of carbonyl (C=O) groups excluding carboxylic acids is 2. The van der Waals surface area contributed by atoms with E-state index in [0.717, 1.165) is 11.3 Å². The minimum atomic E-state index is -0.436. The first-order valence-electron chi connectivity index (χ1n) is 14.3. The van der Waals surface area contributed by atoms with Crippen LogP contribution in [0.25, 0.3) is 11.4 Å². The summed E-state index contributed by atoms with van der Waals surface area (Å²) in [4.78, 5) is 43.6. The Labute approximate surface area is 272 Å². The number of imidazole rings is 1. The summed E-state index contributed by atoms with van der Waals surface area (Å²) in [6.07, 6.45) is 3.51. The molecule has 0 bridgehead atoms. The number of ether oxygens (including phenoxy) is 1. The quantitative estimate of drug-likeness (QED) is 0.233. The maximum atomic E-state index is 14.1. The summed E-state index contributed by atoms with van der Waals surface area (Å²) < 4.78 is 10.7. The van der Waals surface area contributed by atoms with Crippen LogP contribution in [0.1, 0.15) is 52.0 Å². The minimum Gasteiger partial charge on any atom is -0.497 e. The van der Waals surface area contributed by atoms with Crippen LogP contribution in [0.15, 0.2) is 94.5 Å². The second-order valence-electron chi connectivity index (χ2n) is 10.9. The highest BCUT2D eigenvalue weighted by Gasteiger charge is 2.35. The second kappa shape index (κ2) is 12.4. The Balaban J connectivity index is 1.41. The van der Waals surface area contributed by atoms with Gasteiger partial charge >= 0.3 is 5.69 Å². The molecule has 45 heavy (non-hydrogen) atoms. The molecule has 2 atom stereocenters. The summed E-state index contributed by atoms with van der Waals surface area (Å²) in [5, 5.41) is 7.75. The van der Waals surface area contributed by atoms with Gasteiger partial charge in [-0.05, 0) is 96.0 Å². The first-order valence-corrected chi connectivity index (χ1v) is 15.5. The van der Waals surface area contributed by atoms with Gasteiger partial charge in [0.1, 0.15) is 11.4 Å². The van der Waals surface area contributed by atoms with Crippen LogP contribution in [0.4, 0.5) is 0 Å². The number of aromatic nitrogens is 4. The molecule has 0 spiro atoms. The topological polar surface area (TPSA) is 103 Å². The number of fused-ring (bicyclic) bond motifs is 1. The maximum absolute atomic E-state index is 14.1. The van der Waals surface area contributed by atoms with E-state index in [2.05, 4.69) is 26.3 Å². The normalized spacial score (nSPS) is 15.0. The van der Waals surface area contributed by atoms with Gasteiger partial charge in [0.15, 0.2) is 0 Å². The molecule has 0 radical (unpaired) electrons. The molecule has 0 saturated heterocycles. The van der Waals surface area contributed by atoms with Gasteiger partial charge in [-0.3, -0.25) is 18.7 Å². The van der Waals surface area contributed by atoms with E-state index in [1.54, 1.807) is 57.8 Å². The third-order valence-electron chi connectivity index (χ3n) is 8.03. The number of carbonyl (C=O) groups is 2. The lowest BCUT2D eigenvalue weighted by molar-refractivity contribution is 0.0610. The van der Waals surface area contributed by atoms with Crippen molar-refractivity contribution in [1.29, 1.82) is 0 Å². The van der Waals surface area contributed by atoms with E-state index >= 15 is 0 Å². The number of hydrogen-bond donors (Lipinski definition) is 1. The van der Waals surface area contributed by atoms with Crippen molar-refractivity contribution >= 4 is 39.3 Å². The van der Waals surface area contributed by atoms with Gasteiger partial charge in [0.05, 0.1) is 41.8 Å². The summed E-state index contributed by atoms with van der Waals surface area (Å²) in [7, 11) is 1.59. The molecule has 5 aromatic rings. The molecule has 1 aliphatic heterocycles. The van der Waals surface area contributed by atoms with Crippen LogP contribution in [0, 0.1) is 0 Å². The van der Waals surface area contributed by atoms with Gasteiger partial charge in [0.2, 0.25) is 0 Å². The summed E-state index contributed by atoms with van der Waals surface area (Å²) in [6.45, 7) is 4.03. The number of nitrogens with one attached hydrogen (secondary N) is 1. The van der Waals surface area contributed by atoms with E-state index in [0.29, 0.717) is 32.2 Å². The van der Waals surface area contributed by atoms with Gasteiger partial charge in [0, 0.05) is 35.0 Å². The van der Waals surface area contributed by atoms with Crippen molar-refractivity contribution in [2.45, 2.75) is 39.0 Å². The fraction of sp³-hybridized carbons (Fsp3) is 0.212. The van der Waals surface area contributed by atoms with Gasteiger partial charge in [-0.2, -0.15) is 5.10 Å². The first kappa shape index (κ1) is 30.4. The smallest absolute Gasteiger partial charge is 0.333 e. The maximum Gasteiger partial charge on any atom is 0.333 e. The van der Waals surface area contributed by atoms with Gasteiger partial charge in [-0.25, -0.2) is 9.48 Å². The van der Waals surface area contributed by atoms with Crippen LogP contribution < -0.4 is 15.7 Å². The molecule has 1 unspecified atom stereocenters. The van der Waals surface area contributed by atoms with Gasteiger partial charge < -0.3 is 15.0 Å². The number of nitrogens with zero attached hydrogens (tertiary/aromatic N) is 5. The van der Waals surface area contributed by atoms with Crippen molar-refractivity contribution in [2.75, 3.05) is 7.11 Å². The van der Waals surface area contributed by atoms with E-state index in [1.165, 1.54) is 4.57 Å². The molecular weight excluding hydrogens is 660 g/mol. The average molecular weight is 690 g/mol. The first-order chi connectivity index (χ1) is 21.7. The highest BCUT2D eigenvalue weighted by atomic mass is 79.9. The lowest BCUT2D eigenvalue weighted by Crippen LogP contribution is -2.47. The number of benzene rings is 3.